The average molecular weight is 475 g/mol. The minimum absolute atomic E-state index is 0.149. The van der Waals surface area contributed by atoms with E-state index in [1.165, 1.54) is 10.9 Å². The van der Waals surface area contributed by atoms with Crippen LogP contribution in [0.3, 0.4) is 0 Å². The number of H-pyrrole nitrogens is 1. The maximum Gasteiger partial charge on any atom is 0.258 e. The summed E-state index contributed by atoms with van der Waals surface area (Å²) in [5.74, 6) is 1.20. The molecule has 0 atom stereocenters. The number of carbonyl (C=O) groups excluding carboxylic acids is 1. The first kappa shape index (κ1) is 21.9. The van der Waals surface area contributed by atoms with Gasteiger partial charge in [0.15, 0.2) is 11.5 Å². The molecule has 5 rings (SSSR count). The fourth-order valence-corrected chi connectivity index (χ4v) is 4.00. The fraction of sp³-hybridized carbons (Fsp3) is 0.154. The van der Waals surface area contributed by atoms with Crippen LogP contribution >= 0.6 is 11.6 Å². The molecule has 0 spiro atoms. The van der Waals surface area contributed by atoms with E-state index in [1.54, 1.807) is 18.2 Å². The van der Waals surface area contributed by atoms with Gasteiger partial charge in [-0.2, -0.15) is 0 Å². The van der Waals surface area contributed by atoms with Gasteiger partial charge in [-0.3, -0.25) is 15.1 Å². The van der Waals surface area contributed by atoms with Crippen molar-refractivity contribution in [3.05, 3.63) is 88.6 Å². The second-order valence-corrected chi connectivity index (χ2v) is 8.31. The molecule has 8 heteroatoms. The number of carbonyl (C=O) groups is 1. The molecule has 3 N–H and O–H groups in total. The lowest BCUT2D eigenvalue weighted by atomic mass is 10.1. The van der Waals surface area contributed by atoms with Crippen molar-refractivity contribution in [2.45, 2.75) is 13.3 Å². The van der Waals surface area contributed by atoms with E-state index in [4.69, 9.17) is 21.1 Å². The van der Waals surface area contributed by atoms with Gasteiger partial charge in [-0.05, 0) is 60.9 Å². The lowest BCUT2D eigenvalue weighted by molar-refractivity contribution is 0.0976. The molecule has 3 aromatic carbocycles. The van der Waals surface area contributed by atoms with Gasteiger partial charge in [0.25, 0.3) is 5.91 Å². The molecule has 1 aromatic heterocycles. The number of para-hydroxylation sites is 1. The Balaban J connectivity index is 1.37. The highest BCUT2D eigenvalue weighted by atomic mass is 35.5. The molecular formula is C26H23ClN4O3. The number of aromatic nitrogens is 1. The molecule has 1 aliphatic heterocycles. The molecule has 0 bridgehead atoms. The van der Waals surface area contributed by atoms with Crippen LogP contribution in [0.4, 0.5) is 5.69 Å². The van der Waals surface area contributed by atoms with Crippen molar-refractivity contribution >= 4 is 40.1 Å². The van der Waals surface area contributed by atoms with Crippen LogP contribution in [0.5, 0.6) is 11.5 Å². The number of ether oxygens (including phenoxy) is 2. The van der Waals surface area contributed by atoms with E-state index in [0.29, 0.717) is 41.0 Å². The van der Waals surface area contributed by atoms with Gasteiger partial charge in [-0.1, -0.05) is 35.9 Å². The zero-order valence-electron chi connectivity index (χ0n) is 18.5. The van der Waals surface area contributed by atoms with E-state index in [1.807, 2.05) is 49.5 Å². The fourth-order valence-electron chi connectivity index (χ4n) is 3.82. The zero-order chi connectivity index (χ0) is 23.5. The number of fused-ring (bicyclic) bond motifs is 2. The average Bonchev–Trinajstić information content (AvgIpc) is 3.48. The molecule has 2 heterocycles. The molecule has 7 nitrogen and oxygen atoms in total. The number of hydrogen-bond donors (Lipinski definition) is 3. The second-order valence-electron chi connectivity index (χ2n) is 7.90. The van der Waals surface area contributed by atoms with Crippen LogP contribution in [-0.4, -0.2) is 30.2 Å². The molecule has 4 aromatic rings. The van der Waals surface area contributed by atoms with E-state index >= 15 is 0 Å². The third kappa shape index (κ3) is 4.56. The number of halogens is 1. The summed E-state index contributed by atoms with van der Waals surface area (Å²) in [4.78, 5) is 21.0. The standard InChI is InChI=1S/C26H23ClN4O3/c1-16-20(27)6-4-8-21(16)30-26(28-12-11-18-14-29-22-7-3-2-5-19(18)22)31-25(32)17-9-10-23-24(13-17)34-15-33-23/h2-10,13-14,29H,11-12,15H2,1H3,(H2,28,30,31,32). The molecule has 0 saturated carbocycles. The third-order valence-corrected chi connectivity index (χ3v) is 6.12. The van der Waals surface area contributed by atoms with E-state index < -0.39 is 0 Å². The van der Waals surface area contributed by atoms with Crippen LogP contribution < -0.4 is 20.1 Å². The summed E-state index contributed by atoms with van der Waals surface area (Å²) in [6.45, 7) is 2.54. The maximum absolute atomic E-state index is 13.0. The quantitative estimate of drug-likeness (QED) is 0.270. The van der Waals surface area contributed by atoms with Crippen LogP contribution in [0, 0.1) is 6.92 Å². The first-order valence-corrected chi connectivity index (χ1v) is 11.3. The van der Waals surface area contributed by atoms with Crippen molar-refractivity contribution in [1.29, 1.82) is 0 Å². The minimum Gasteiger partial charge on any atom is -0.454 e. The van der Waals surface area contributed by atoms with Crippen LogP contribution in [0.1, 0.15) is 21.5 Å². The van der Waals surface area contributed by atoms with Crippen LogP contribution in [0.25, 0.3) is 10.9 Å². The normalized spacial score (nSPS) is 12.7. The Hall–Kier alpha value is -3.97. The van der Waals surface area contributed by atoms with Gasteiger partial charge in [0, 0.05) is 39.9 Å². The molecule has 172 valence electrons. The van der Waals surface area contributed by atoms with Crippen LogP contribution in [0.2, 0.25) is 5.02 Å². The smallest absolute Gasteiger partial charge is 0.258 e. The highest BCUT2D eigenvalue weighted by Gasteiger charge is 2.17. The SMILES string of the molecule is Cc1c(Cl)cccc1NC(=NCCc1c[nH]c2ccccc12)NC(=O)c1ccc2c(c1)OCO2. The highest BCUT2D eigenvalue weighted by Crippen LogP contribution is 2.32. The first-order valence-electron chi connectivity index (χ1n) is 10.9. The number of amides is 1. The number of benzene rings is 3. The number of nitrogens with zero attached hydrogens (tertiary/aromatic N) is 1. The van der Waals surface area contributed by atoms with Crippen molar-refractivity contribution in [2.24, 2.45) is 4.99 Å². The second kappa shape index (κ2) is 9.49. The lowest BCUT2D eigenvalue weighted by Crippen LogP contribution is -2.36. The van der Waals surface area contributed by atoms with Crippen molar-refractivity contribution in [1.82, 2.24) is 10.3 Å². The summed E-state index contributed by atoms with van der Waals surface area (Å²) in [7, 11) is 0. The Morgan fingerprint density at radius 2 is 1.94 bits per heavy atom. The summed E-state index contributed by atoms with van der Waals surface area (Å²) in [5, 5.41) is 7.92. The maximum atomic E-state index is 13.0. The molecule has 0 fully saturated rings. The molecule has 0 saturated heterocycles. The Labute approximate surface area is 201 Å². The number of aromatic amines is 1. The Kier molecular flexibility index (Phi) is 6.10. The van der Waals surface area contributed by atoms with E-state index in [2.05, 4.69) is 26.7 Å². The lowest BCUT2D eigenvalue weighted by Gasteiger charge is -2.14. The number of hydrogen-bond acceptors (Lipinski definition) is 4. The van der Waals surface area contributed by atoms with Crippen molar-refractivity contribution < 1.29 is 14.3 Å². The summed E-state index contributed by atoms with van der Waals surface area (Å²) in [5.41, 5.74) is 4.33. The van der Waals surface area contributed by atoms with Crippen LogP contribution in [-0.2, 0) is 6.42 Å². The summed E-state index contributed by atoms with van der Waals surface area (Å²) in [6, 6.07) is 18.8. The topological polar surface area (TPSA) is 87.7 Å². The monoisotopic (exact) mass is 474 g/mol. The van der Waals surface area contributed by atoms with Gasteiger partial charge in [-0.25, -0.2) is 0 Å². The Morgan fingerprint density at radius 1 is 1.09 bits per heavy atom. The minimum atomic E-state index is -0.309. The van der Waals surface area contributed by atoms with Crippen LogP contribution in [0.15, 0.2) is 71.9 Å². The van der Waals surface area contributed by atoms with Crippen molar-refractivity contribution in [2.75, 3.05) is 18.7 Å². The van der Waals surface area contributed by atoms with Gasteiger partial charge in [0.1, 0.15) is 0 Å². The summed E-state index contributed by atoms with van der Waals surface area (Å²) >= 11 is 6.28. The number of guanidine groups is 1. The van der Waals surface area contributed by atoms with Crippen molar-refractivity contribution in [3.8, 4) is 11.5 Å². The summed E-state index contributed by atoms with van der Waals surface area (Å²) in [6.07, 6.45) is 2.71. The Morgan fingerprint density at radius 3 is 2.85 bits per heavy atom. The first-order chi connectivity index (χ1) is 16.6. The summed E-state index contributed by atoms with van der Waals surface area (Å²) < 4.78 is 10.7. The number of aliphatic imine (C=N–C) groups is 1. The number of nitrogens with one attached hydrogen (secondary N) is 3. The van der Waals surface area contributed by atoms with E-state index in [0.717, 1.165) is 16.8 Å². The zero-order valence-corrected chi connectivity index (χ0v) is 19.3. The molecular weight excluding hydrogens is 452 g/mol. The number of anilines is 1. The predicted octanol–water partition coefficient (Wildman–Crippen LogP) is 5.30. The van der Waals surface area contributed by atoms with Crippen molar-refractivity contribution in [3.63, 3.8) is 0 Å². The largest absolute Gasteiger partial charge is 0.454 e. The van der Waals surface area contributed by atoms with Gasteiger partial charge < -0.3 is 19.8 Å². The molecule has 1 amide bonds. The molecule has 1 aliphatic rings. The van der Waals surface area contributed by atoms with E-state index in [-0.39, 0.29) is 12.7 Å². The molecule has 0 aliphatic carbocycles. The highest BCUT2D eigenvalue weighted by molar-refractivity contribution is 6.31. The third-order valence-electron chi connectivity index (χ3n) is 5.71. The van der Waals surface area contributed by atoms with Gasteiger partial charge in [-0.15, -0.1) is 0 Å². The Bertz CT molecular complexity index is 1400. The molecule has 0 unspecified atom stereocenters. The predicted molar refractivity (Wildman–Crippen MR) is 134 cm³/mol. The van der Waals surface area contributed by atoms with Gasteiger partial charge in [0.05, 0.1) is 0 Å². The molecule has 34 heavy (non-hydrogen) atoms. The number of rotatable bonds is 5. The van der Waals surface area contributed by atoms with E-state index in [9.17, 15) is 4.79 Å². The van der Waals surface area contributed by atoms with Gasteiger partial charge >= 0.3 is 0 Å². The van der Waals surface area contributed by atoms with Gasteiger partial charge in [0.2, 0.25) is 12.8 Å². The molecule has 0 radical (unpaired) electrons.